The van der Waals surface area contributed by atoms with Gasteiger partial charge in [0.2, 0.25) is 0 Å². The Hall–Kier alpha value is -2.09. The summed E-state index contributed by atoms with van der Waals surface area (Å²) in [7, 11) is 6.03. The fourth-order valence-corrected chi connectivity index (χ4v) is 3.77. The smallest absolute Gasteiger partial charge is 0.193 e. The maximum Gasteiger partial charge on any atom is 0.193 e. The number of piperazine rings is 1. The second kappa shape index (κ2) is 10.1. The molecule has 8 heteroatoms. The summed E-state index contributed by atoms with van der Waals surface area (Å²) in [6, 6.07) is 10.3. The van der Waals surface area contributed by atoms with E-state index >= 15 is 0 Å². The molecule has 1 aromatic heterocycles. The van der Waals surface area contributed by atoms with Crippen LogP contribution in [0.25, 0.3) is 0 Å². The van der Waals surface area contributed by atoms with Gasteiger partial charge >= 0.3 is 0 Å². The summed E-state index contributed by atoms with van der Waals surface area (Å²) in [6.07, 6.45) is 0. The van der Waals surface area contributed by atoms with E-state index in [9.17, 15) is 0 Å². The van der Waals surface area contributed by atoms with Crippen molar-refractivity contribution in [3.63, 3.8) is 0 Å². The van der Waals surface area contributed by atoms with Crippen molar-refractivity contribution < 1.29 is 4.52 Å². The molecule has 0 bridgehead atoms. The lowest BCUT2D eigenvalue weighted by atomic mass is 10.1. The van der Waals surface area contributed by atoms with E-state index in [1.165, 1.54) is 5.56 Å². The minimum atomic E-state index is 0.237. The van der Waals surface area contributed by atoms with Crippen molar-refractivity contribution in [2.24, 2.45) is 4.99 Å². The molecule has 1 atom stereocenters. The number of hydrogen-bond acceptors (Lipinski definition) is 5. The molecule has 1 N–H and O–H groups in total. The molecule has 2 heterocycles. The van der Waals surface area contributed by atoms with Crippen LogP contribution in [0.5, 0.6) is 0 Å². The minimum absolute atomic E-state index is 0.237. The van der Waals surface area contributed by atoms with Crippen LogP contribution in [0, 0.1) is 6.92 Å². The summed E-state index contributed by atoms with van der Waals surface area (Å²) >= 11 is 6.04. The van der Waals surface area contributed by atoms with Crippen molar-refractivity contribution in [3.05, 3.63) is 52.4 Å². The standard InChI is InChI=1S/C21H31ClN6O/c1-16-13-19(25-29-16)15-27-9-11-28(12-10-27)21(23-2)24-14-20(26(3)4)17-5-7-18(22)8-6-17/h5-8,13,20H,9-12,14-15H2,1-4H3,(H,23,24). The van der Waals surface area contributed by atoms with Gasteiger partial charge in [0.25, 0.3) is 0 Å². The Kier molecular flexibility index (Phi) is 7.52. The van der Waals surface area contributed by atoms with Crippen LogP contribution in [0.2, 0.25) is 5.02 Å². The summed E-state index contributed by atoms with van der Waals surface area (Å²) in [5.74, 6) is 1.81. The van der Waals surface area contributed by atoms with Crippen LogP contribution in [-0.4, -0.2) is 79.7 Å². The van der Waals surface area contributed by atoms with Crippen molar-refractivity contribution in [3.8, 4) is 0 Å². The first kappa shape index (κ1) is 21.6. The monoisotopic (exact) mass is 418 g/mol. The zero-order valence-corrected chi connectivity index (χ0v) is 18.5. The second-order valence-electron chi connectivity index (χ2n) is 7.65. The number of aliphatic imine (C=N–C) groups is 1. The molecule has 0 amide bonds. The average molecular weight is 419 g/mol. The highest BCUT2D eigenvalue weighted by Crippen LogP contribution is 2.20. The van der Waals surface area contributed by atoms with E-state index in [4.69, 9.17) is 16.1 Å². The molecule has 0 saturated carbocycles. The first-order valence-electron chi connectivity index (χ1n) is 9.98. The van der Waals surface area contributed by atoms with Gasteiger partial charge in [-0.1, -0.05) is 28.9 Å². The third kappa shape index (κ3) is 5.95. The van der Waals surface area contributed by atoms with Crippen LogP contribution in [0.1, 0.15) is 23.1 Å². The molecule has 2 aromatic rings. The van der Waals surface area contributed by atoms with Crippen LogP contribution in [-0.2, 0) is 6.54 Å². The molecule has 1 saturated heterocycles. The molecule has 1 aliphatic heterocycles. The second-order valence-corrected chi connectivity index (χ2v) is 8.09. The lowest BCUT2D eigenvalue weighted by molar-refractivity contribution is 0.168. The fraction of sp³-hybridized carbons (Fsp3) is 0.524. The third-order valence-electron chi connectivity index (χ3n) is 5.28. The van der Waals surface area contributed by atoms with Crippen LogP contribution in [0.3, 0.4) is 0 Å². The van der Waals surface area contributed by atoms with E-state index in [0.717, 1.165) is 61.7 Å². The van der Waals surface area contributed by atoms with E-state index in [-0.39, 0.29) is 6.04 Å². The summed E-state index contributed by atoms with van der Waals surface area (Å²) in [4.78, 5) is 11.4. The molecule has 0 spiro atoms. The molecule has 3 rings (SSSR count). The summed E-state index contributed by atoms with van der Waals surface area (Å²) < 4.78 is 5.17. The molecule has 1 fully saturated rings. The molecule has 158 valence electrons. The Morgan fingerprint density at radius 3 is 2.48 bits per heavy atom. The Balaban J connectivity index is 1.52. The first-order valence-corrected chi connectivity index (χ1v) is 10.4. The van der Waals surface area contributed by atoms with Gasteiger partial charge in [-0.2, -0.15) is 0 Å². The zero-order chi connectivity index (χ0) is 20.8. The summed E-state index contributed by atoms with van der Waals surface area (Å²) in [6.45, 7) is 7.35. The SMILES string of the molecule is CN=C(NCC(c1ccc(Cl)cc1)N(C)C)N1CCN(Cc2cc(C)on2)CC1. The number of nitrogens with one attached hydrogen (secondary N) is 1. The molecular formula is C21H31ClN6O. The van der Waals surface area contributed by atoms with Gasteiger partial charge < -0.3 is 19.6 Å². The van der Waals surface area contributed by atoms with E-state index < -0.39 is 0 Å². The van der Waals surface area contributed by atoms with Gasteiger partial charge in [0.1, 0.15) is 5.76 Å². The van der Waals surface area contributed by atoms with Gasteiger partial charge in [0.05, 0.1) is 11.7 Å². The predicted octanol–water partition coefficient (Wildman–Crippen LogP) is 2.63. The quantitative estimate of drug-likeness (QED) is 0.574. The average Bonchev–Trinajstić information content (AvgIpc) is 3.11. The highest BCUT2D eigenvalue weighted by atomic mass is 35.5. The normalized spacial score (nSPS) is 17.0. The number of benzene rings is 1. The molecular weight excluding hydrogens is 388 g/mol. The number of aromatic nitrogens is 1. The van der Waals surface area contributed by atoms with Crippen molar-refractivity contribution >= 4 is 17.6 Å². The van der Waals surface area contributed by atoms with Crippen molar-refractivity contribution in [2.75, 3.05) is 53.9 Å². The number of rotatable bonds is 6. The summed E-state index contributed by atoms with van der Waals surface area (Å²) in [5, 5.41) is 8.42. The van der Waals surface area contributed by atoms with Gasteiger partial charge in [-0.3, -0.25) is 9.89 Å². The Morgan fingerprint density at radius 2 is 1.93 bits per heavy atom. The largest absolute Gasteiger partial charge is 0.361 e. The molecule has 1 unspecified atom stereocenters. The molecule has 0 aliphatic carbocycles. The Labute approximate surface area is 178 Å². The first-order chi connectivity index (χ1) is 14.0. The number of aryl methyl sites for hydroxylation is 1. The molecule has 7 nitrogen and oxygen atoms in total. The molecule has 1 aromatic carbocycles. The van der Waals surface area contributed by atoms with E-state index in [2.05, 4.69) is 56.4 Å². The predicted molar refractivity (Wildman–Crippen MR) is 117 cm³/mol. The molecule has 0 radical (unpaired) electrons. The third-order valence-corrected chi connectivity index (χ3v) is 5.53. The maximum atomic E-state index is 6.04. The van der Waals surface area contributed by atoms with Crippen LogP contribution in [0.4, 0.5) is 0 Å². The number of likely N-dealkylation sites (N-methyl/N-ethyl adjacent to an activating group) is 1. The zero-order valence-electron chi connectivity index (χ0n) is 17.7. The molecule has 1 aliphatic rings. The van der Waals surface area contributed by atoms with Crippen molar-refractivity contribution in [1.29, 1.82) is 0 Å². The molecule has 29 heavy (non-hydrogen) atoms. The maximum absolute atomic E-state index is 6.04. The number of hydrogen-bond donors (Lipinski definition) is 1. The Morgan fingerprint density at radius 1 is 1.24 bits per heavy atom. The number of halogens is 1. The topological polar surface area (TPSA) is 60.1 Å². The highest BCUT2D eigenvalue weighted by molar-refractivity contribution is 6.30. The van der Waals surface area contributed by atoms with Gasteiger partial charge in [0.15, 0.2) is 5.96 Å². The van der Waals surface area contributed by atoms with E-state index in [0.29, 0.717) is 0 Å². The fourth-order valence-electron chi connectivity index (χ4n) is 3.64. The number of guanidine groups is 1. The van der Waals surface area contributed by atoms with Gasteiger partial charge in [-0.15, -0.1) is 0 Å². The number of nitrogens with zero attached hydrogens (tertiary/aromatic N) is 5. The Bertz CT molecular complexity index is 796. The lowest BCUT2D eigenvalue weighted by Gasteiger charge is -2.37. The van der Waals surface area contributed by atoms with E-state index in [1.807, 2.05) is 32.2 Å². The lowest BCUT2D eigenvalue weighted by Crippen LogP contribution is -2.53. The highest BCUT2D eigenvalue weighted by Gasteiger charge is 2.22. The van der Waals surface area contributed by atoms with Crippen molar-refractivity contribution in [1.82, 2.24) is 25.2 Å². The minimum Gasteiger partial charge on any atom is -0.361 e. The van der Waals surface area contributed by atoms with Crippen LogP contribution < -0.4 is 5.32 Å². The van der Waals surface area contributed by atoms with Gasteiger partial charge in [-0.25, -0.2) is 0 Å². The van der Waals surface area contributed by atoms with E-state index in [1.54, 1.807) is 0 Å². The van der Waals surface area contributed by atoms with Crippen LogP contribution in [0.15, 0.2) is 39.8 Å². The van der Waals surface area contributed by atoms with Gasteiger partial charge in [0, 0.05) is 57.4 Å². The van der Waals surface area contributed by atoms with Crippen molar-refractivity contribution in [2.45, 2.75) is 19.5 Å². The summed E-state index contributed by atoms with van der Waals surface area (Å²) in [5.41, 5.74) is 2.23. The van der Waals surface area contributed by atoms with Gasteiger partial charge in [-0.05, 0) is 38.7 Å². The van der Waals surface area contributed by atoms with Crippen LogP contribution >= 0.6 is 11.6 Å².